The fourth-order valence-electron chi connectivity index (χ4n) is 1.88. The van der Waals surface area contributed by atoms with Crippen LogP contribution in [0.15, 0.2) is 18.2 Å². The van der Waals surface area contributed by atoms with Crippen molar-refractivity contribution >= 4 is 11.6 Å². The highest BCUT2D eigenvalue weighted by Crippen LogP contribution is 2.32. The van der Waals surface area contributed by atoms with Gasteiger partial charge in [0.05, 0.1) is 0 Å². The van der Waals surface area contributed by atoms with Crippen LogP contribution < -0.4 is 4.74 Å². The summed E-state index contributed by atoms with van der Waals surface area (Å²) in [6, 6.07) is 6.49. The van der Waals surface area contributed by atoms with Crippen molar-refractivity contribution < 1.29 is 4.74 Å². The molecule has 0 aromatic heterocycles. The van der Waals surface area contributed by atoms with E-state index in [2.05, 4.69) is 39.0 Å². The molecule has 0 unspecified atom stereocenters. The molecule has 0 radical (unpaired) electrons. The van der Waals surface area contributed by atoms with Crippen molar-refractivity contribution in [3.05, 3.63) is 29.3 Å². The van der Waals surface area contributed by atoms with Crippen molar-refractivity contribution in [3.63, 3.8) is 0 Å². The van der Waals surface area contributed by atoms with Crippen molar-refractivity contribution in [2.75, 3.05) is 0 Å². The molecular weight excluding hydrogens is 220 g/mol. The van der Waals surface area contributed by atoms with Gasteiger partial charge in [-0.1, -0.05) is 26.0 Å². The first-order valence-electron chi connectivity index (χ1n) is 5.97. The SMILES string of the molecule is Cc1ccc(C(C)C)cc1OC1CC(Cl)C1. The highest BCUT2D eigenvalue weighted by molar-refractivity contribution is 6.21. The van der Waals surface area contributed by atoms with E-state index in [1.54, 1.807) is 0 Å². The van der Waals surface area contributed by atoms with E-state index in [1.807, 2.05) is 0 Å². The topological polar surface area (TPSA) is 9.23 Å². The molecule has 2 rings (SSSR count). The predicted molar refractivity (Wildman–Crippen MR) is 68.6 cm³/mol. The maximum absolute atomic E-state index is 5.96. The Balaban J connectivity index is 2.09. The summed E-state index contributed by atoms with van der Waals surface area (Å²) in [7, 11) is 0. The average Bonchev–Trinajstić information content (AvgIpc) is 2.18. The maximum atomic E-state index is 5.96. The van der Waals surface area contributed by atoms with Crippen molar-refractivity contribution in [1.29, 1.82) is 0 Å². The van der Waals surface area contributed by atoms with Gasteiger partial charge in [-0.3, -0.25) is 0 Å². The van der Waals surface area contributed by atoms with Crippen molar-refractivity contribution in [2.24, 2.45) is 0 Å². The van der Waals surface area contributed by atoms with Crippen LogP contribution in [0.3, 0.4) is 0 Å². The summed E-state index contributed by atoms with van der Waals surface area (Å²) in [5, 5.41) is 0.318. The normalized spacial score (nSPS) is 24.3. The van der Waals surface area contributed by atoms with Gasteiger partial charge in [0.1, 0.15) is 11.9 Å². The lowest BCUT2D eigenvalue weighted by atomic mass is 9.95. The summed E-state index contributed by atoms with van der Waals surface area (Å²) in [5.74, 6) is 1.57. The van der Waals surface area contributed by atoms with Crippen LogP contribution in [0.4, 0.5) is 0 Å². The van der Waals surface area contributed by atoms with Crippen LogP contribution in [0.25, 0.3) is 0 Å². The first kappa shape index (κ1) is 11.8. The quantitative estimate of drug-likeness (QED) is 0.715. The monoisotopic (exact) mass is 238 g/mol. The lowest BCUT2D eigenvalue weighted by Crippen LogP contribution is -2.34. The van der Waals surface area contributed by atoms with Gasteiger partial charge in [-0.05, 0) is 30.0 Å². The predicted octanol–water partition coefficient (Wildman–Crippen LogP) is 4.27. The summed E-state index contributed by atoms with van der Waals surface area (Å²) in [6.45, 7) is 6.50. The minimum absolute atomic E-state index is 0.318. The summed E-state index contributed by atoms with van der Waals surface area (Å²) >= 11 is 5.95. The van der Waals surface area contributed by atoms with E-state index in [1.165, 1.54) is 11.1 Å². The zero-order valence-corrected chi connectivity index (χ0v) is 10.9. The fraction of sp³-hybridized carbons (Fsp3) is 0.571. The van der Waals surface area contributed by atoms with Crippen LogP contribution in [0, 0.1) is 6.92 Å². The fourth-order valence-corrected chi connectivity index (χ4v) is 2.28. The molecule has 1 aromatic rings. The van der Waals surface area contributed by atoms with Crippen molar-refractivity contribution in [2.45, 2.75) is 51.0 Å². The molecular formula is C14H19ClO. The molecule has 1 aliphatic rings. The van der Waals surface area contributed by atoms with Gasteiger partial charge < -0.3 is 4.74 Å². The summed E-state index contributed by atoms with van der Waals surface area (Å²) in [6.07, 6.45) is 2.28. The van der Waals surface area contributed by atoms with Gasteiger partial charge in [0.2, 0.25) is 0 Å². The third-order valence-corrected chi connectivity index (χ3v) is 3.57. The molecule has 1 aromatic carbocycles. The Bertz CT molecular complexity index is 367. The summed E-state index contributed by atoms with van der Waals surface area (Å²) in [4.78, 5) is 0. The second-order valence-corrected chi connectivity index (χ2v) is 5.61. The summed E-state index contributed by atoms with van der Waals surface area (Å²) < 4.78 is 5.96. The number of benzene rings is 1. The van der Waals surface area contributed by atoms with E-state index in [0.717, 1.165) is 18.6 Å². The second kappa shape index (κ2) is 4.67. The Morgan fingerprint density at radius 2 is 2.00 bits per heavy atom. The van der Waals surface area contributed by atoms with Gasteiger partial charge in [0.15, 0.2) is 0 Å². The molecule has 0 saturated heterocycles. The number of hydrogen-bond donors (Lipinski definition) is 0. The van der Waals surface area contributed by atoms with E-state index in [0.29, 0.717) is 17.4 Å². The average molecular weight is 239 g/mol. The van der Waals surface area contributed by atoms with Crippen LogP contribution in [0.1, 0.15) is 43.7 Å². The van der Waals surface area contributed by atoms with Crippen molar-refractivity contribution in [1.82, 2.24) is 0 Å². The standard InChI is InChI=1S/C14H19ClO/c1-9(2)11-5-4-10(3)14(6-11)16-13-7-12(15)8-13/h4-6,9,12-13H,7-8H2,1-3H3. The van der Waals surface area contributed by atoms with E-state index < -0.39 is 0 Å². The Hall–Kier alpha value is -0.690. The smallest absolute Gasteiger partial charge is 0.122 e. The van der Waals surface area contributed by atoms with Crippen LogP contribution in [-0.2, 0) is 0 Å². The van der Waals surface area contributed by atoms with Gasteiger partial charge in [0.25, 0.3) is 0 Å². The third-order valence-electron chi connectivity index (χ3n) is 3.21. The highest BCUT2D eigenvalue weighted by atomic mass is 35.5. The lowest BCUT2D eigenvalue weighted by molar-refractivity contribution is 0.123. The van der Waals surface area contributed by atoms with Gasteiger partial charge in [-0.25, -0.2) is 0 Å². The Morgan fingerprint density at radius 1 is 1.31 bits per heavy atom. The molecule has 88 valence electrons. The molecule has 1 nitrogen and oxygen atoms in total. The molecule has 0 amide bonds. The Morgan fingerprint density at radius 3 is 2.56 bits per heavy atom. The number of hydrogen-bond acceptors (Lipinski definition) is 1. The first-order valence-corrected chi connectivity index (χ1v) is 6.41. The molecule has 0 aliphatic heterocycles. The number of aryl methyl sites for hydroxylation is 1. The summed E-state index contributed by atoms with van der Waals surface area (Å²) in [5.41, 5.74) is 2.55. The number of ether oxygens (including phenoxy) is 1. The van der Waals surface area contributed by atoms with Crippen LogP contribution in [0.5, 0.6) is 5.75 Å². The molecule has 0 spiro atoms. The lowest BCUT2D eigenvalue weighted by Gasteiger charge is -2.32. The zero-order valence-electron chi connectivity index (χ0n) is 10.2. The number of rotatable bonds is 3. The highest BCUT2D eigenvalue weighted by Gasteiger charge is 2.29. The second-order valence-electron chi connectivity index (χ2n) is 4.99. The molecule has 0 atom stereocenters. The third kappa shape index (κ3) is 2.52. The molecule has 0 N–H and O–H groups in total. The maximum Gasteiger partial charge on any atom is 0.122 e. The van der Waals surface area contributed by atoms with E-state index in [-0.39, 0.29) is 0 Å². The molecule has 1 fully saturated rings. The van der Waals surface area contributed by atoms with Crippen molar-refractivity contribution in [3.8, 4) is 5.75 Å². The number of alkyl halides is 1. The largest absolute Gasteiger partial charge is 0.490 e. The Labute approximate surface area is 103 Å². The van der Waals surface area contributed by atoms with Gasteiger partial charge >= 0.3 is 0 Å². The Kier molecular flexibility index (Phi) is 3.44. The molecule has 0 bridgehead atoms. The minimum Gasteiger partial charge on any atom is -0.490 e. The minimum atomic E-state index is 0.318. The molecule has 16 heavy (non-hydrogen) atoms. The first-order chi connectivity index (χ1) is 7.56. The molecule has 2 heteroatoms. The van der Waals surface area contributed by atoms with Gasteiger partial charge in [0, 0.05) is 18.2 Å². The molecule has 1 saturated carbocycles. The number of halogens is 1. The van der Waals surface area contributed by atoms with E-state index in [9.17, 15) is 0 Å². The molecule has 1 aliphatic carbocycles. The van der Waals surface area contributed by atoms with Gasteiger partial charge in [-0.15, -0.1) is 11.6 Å². The van der Waals surface area contributed by atoms with E-state index >= 15 is 0 Å². The van der Waals surface area contributed by atoms with Crippen LogP contribution in [0.2, 0.25) is 0 Å². The zero-order chi connectivity index (χ0) is 11.7. The van der Waals surface area contributed by atoms with Gasteiger partial charge in [-0.2, -0.15) is 0 Å². The molecule has 0 heterocycles. The van der Waals surface area contributed by atoms with E-state index in [4.69, 9.17) is 16.3 Å². The van der Waals surface area contributed by atoms with Crippen LogP contribution in [-0.4, -0.2) is 11.5 Å². The van der Waals surface area contributed by atoms with Crippen LogP contribution >= 0.6 is 11.6 Å².